The van der Waals surface area contributed by atoms with Crippen LogP contribution in [0.2, 0.25) is 0 Å². The zero-order chi connectivity index (χ0) is 14.0. The maximum Gasteiger partial charge on any atom is 0.339 e. The van der Waals surface area contributed by atoms with Crippen molar-refractivity contribution in [3.8, 4) is 0 Å². The van der Waals surface area contributed by atoms with E-state index >= 15 is 0 Å². The normalized spacial score (nSPS) is 10.5. The third-order valence-corrected chi connectivity index (χ3v) is 2.87. The first-order valence-electron chi connectivity index (χ1n) is 5.59. The zero-order valence-electron chi connectivity index (χ0n) is 10.5. The monoisotopic (exact) mass is 264 g/mol. The summed E-state index contributed by atoms with van der Waals surface area (Å²) in [6.45, 7) is 2.28. The minimum atomic E-state index is -1.22. The molecule has 2 rings (SSSR count). The average Bonchev–Trinajstić information content (AvgIpc) is 2.68. The van der Waals surface area contributed by atoms with Gasteiger partial charge in [-0.25, -0.2) is 14.2 Å². The number of pyridine rings is 1. The summed E-state index contributed by atoms with van der Waals surface area (Å²) < 4.78 is 14.7. The summed E-state index contributed by atoms with van der Waals surface area (Å²) in [7, 11) is 1.82. The number of anilines is 1. The molecule has 0 aliphatic carbocycles. The molecule has 7 heteroatoms. The van der Waals surface area contributed by atoms with Crippen molar-refractivity contribution >= 4 is 11.8 Å². The van der Waals surface area contributed by atoms with Gasteiger partial charge in [0.2, 0.25) is 0 Å². The van der Waals surface area contributed by atoms with E-state index in [-0.39, 0.29) is 11.4 Å². The van der Waals surface area contributed by atoms with Crippen LogP contribution in [0.15, 0.2) is 18.5 Å². The van der Waals surface area contributed by atoms with E-state index in [0.29, 0.717) is 6.54 Å². The number of aromatic nitrogens is 3. The van der Waals surface area contributed by atoms with E-state index < -0.39 is 11.8 Å². The van der Waals surface area contributed by atoms with Crippen molar-refractivity contribution in [1.29, 1.82) is 0 Å². The van der Waals surface area contributed by atoms with Crippen molar-refractivity contribution in [3.63, 3.8) is 0 Å². The molecule has 0 amide bonds. The highest BCUT2D eigenvalue weighted by Gasteiger charge is 2.13. The summed E-state index contributed by atoms with van der Waals surface area (Å²) in [5.41, 5.74) is 1.69. The van der Waals surface area contributed by atoms with E-state index in [0.717, 1.165) is 23.5 Å². The molecule has 2 heterocycles. The van der Waals surface area contributed by atoms with Crippen LogP contribution < -0.4 is 5.32 Å². The SMILES string of the molecule is Cc1c(CNc2ncc(F)cc2C(=O)O)cnn1C. The highest BCUT2D eigenvalue weighted by Crippen LogP contribution is 2.15. The number of nitrogens with zero attached hydrogens (tertiary/aromatic N) is 3. The topological polar surface area (TPSA) is 80.0 Å². The first kappa shape index (κ1) is 13.0. The largest absolute Gasteiger partial charge is 0.478 e. The molecule has 100 valence electrons. The van der Waals surface area contributed by atoms with E-state index in [9.17, 15) is 9.18 Å². The Morgan fingerprint density at radius 1 is 1.53 bits per heavy atom. The molecule has 0 saturated carbocycles. The van der Waals surface area contributed by atoms with Gasteiger partial charge in [0.15, 0.2) is 0 Å². The number of aromatic carboxylic acids is 1. The molecule has 0 aliphatic heterocycles. The number of carboxylic acids is 1. The van der Waals surface area contributed by atoms with Gasteiger partial charge in [-0.1, -0.05) is 0 Å². The Morgan fingerprint density at radius 2 is 2.26 bits per heavy atom. The van der Waals surface area contributed by atoms with Gasteiger partial charge >= 0.3 is 5.97 Å². The number of hydrogen-bond acceptors (Lipinski definition) is 4. The first-order valence-corrected chi connectivity index (χ1v) is 5.59. The molecule has 0 fully saturated rings. The van der Waals surface area contributed by atoms with Gasteiger partial charge in [0.1, 0.15) is 17.2 Å². The third-order valence-electron chi connectivity index (χ3n) is 2.87. The van der Waals surface area contributed by atoms with Gasteiger partial charge in [0.05, 0.1) is 12.4 Å². The Balaban J connectivity index is 2.20. The van der Waals surface area contributed by atoms with Gasteiger partial charge < -0.3 is 10.4 Å². The van der Waals surface area contributed by atoms with Crippen LogP contribution >= 0.6 is 0 Å². The fourth-order valence-corrected chi connectivity index (χ4v) is 1.64. The number of carbonyl (C=O) groups is 1. The molecule has 2 aromatic rings. The molecule has 19 heavy (non-hydrogen) atoms. The Hall–Kier alpha value is -2.44. The number of hydrogen-bond donors (Lipinski definition) is 2. The third kappa shape index (κ3) is 2.70. The zero-order valence-corrected chi connectivity index (χ0v) is 10.5. The minimum Gasteiger partial charge on any atom is -0.478 e. The lowest BCUT2D eigenvalue weighted by Crippen LogP contribution is -2.09. The Kier molecular flexibility index (Phi) is 3.46. The Labute approximate surface area is 108 Å². The second-order valence-corrected chi connectivity index (χ2v) is 4.09. The summed E-state index contributed by atoms with van der Waals surface area (Å²) in [5.74, 6) is -1.77. The maximum atomic E-state index is 13.0. The van der Waals surface area contributed by atoms with Crippen LogP contribution in [0, 0.1) is 12.7 Å². The van der Waals surface area contributed by atoms with E-state index in [1.165, 1.54) is 0 Å². The predicted molar refractivity (Wildman–Crippen MR) is 66.4 cm³/mol. The van der Waals surface area contributed by atoms with Gasteiger partial charge in [-0.3, -0.25) is 4.68 Å². The van der Waals surface area contributed by atoms with Gasteiger partial charge in [-0.15, -0.1) is 0 Å². The molecule has 0 atom stereocenters. The van der Waals surface area contributed by atoms with Gasteiger partial charge in [-0.05, 0) is 13.0 Å². The molecule has 0 spiro atoms. The highest BCUT2D eigenvalue weighted by atomic mass is 19.1. The lowest BCUT2D eigenvalue weighted by molar-refractivity contribution is 0.0697. The fourth-order valence-electron chi connectivity index (χ4n) is 1.64. The minimum absolute atomic E-state index is 0.136. The van der Waals surface area contributed by atoms with Crippen molar-refractivity contribution in [3.05, 3.63) is 41.1 Å². The van der Waals surface area contributed by atoms with Gasteiger partial charge in [0.25, 0.3) is 0 Å². The second kappa shape index (κ2) is 5.05. The van der Waals surface area contributed by atoms with Crippen LogP contribution in [-0.4, -0.2) is 25.8 Å². The van der Waals surface area contributed by atoms with Crippen LogP contribution in [-0.2, 0) is 13.6 Å². The summed E-state index contributed by atoms with van der Waals surface area (Å²) in [6, 6.07) is 0.938. The van der Waals surface area contributed by atoms with Gasteiger partial charge in [-0.2, -0.15) is 5.10 Å². The van der Waals surface area contributed by atoms with Crippen molar-refractivity contribution in [2.45, 2.75) is 13.5 Å². The van der Waals surface area contributed by atoms with Crippen LogP contribution in [0.25, 0.3) is 0 Å². The van der Waals surface area contributed by atoms with Crippen LogP contribution in [0.1, 0.15) is 21.6 Å². The molecule has 0 saturated heterocycles. The molecule has 2 aromatic heterocycles. The van der Waals surface area contributed by atoms with Crippen LogP contribution in [0.3, 0.4) is 0 Å². The maximum absolute atomic E-state index is 13.0. The lowest BCUT2D eigenvalue weighted by Gasteiger charge is -2.08. The molecule has 0 aliphatic rings. The summed E-state index contributed by atoms with van der Waals surface area (Å²) in [4.78, 5) is 14.8. The smallest absolute Gasteiger partial charge is 0.339 e. The lowest BCUT2D eigenvalue weighted by atomic mass is 10.2. The van der Waals surface area contributed by atoms with Crippen molar-refractivity contribution < 1.29 is 14.3 Å². The molecule has 0 radical (unpaired) electrons. The molecule has 6 nitrogen and oxygen atoms in total. The number of aryl methyl sites for hydroxylation is 1. The predicted octanol–water partition coefficient (Wildman–Crippen LogP) is 1.57. The van der Waals surface area contributed by atoms with Crippen molar-refractivity contribution in [1.82, 2.24) is 14.8 Å². The molecule has 0 bridgehead atoms. The Morgan fingerprint density at radius 3 is 2.84 bits per heavy atom. The van der Waals surface area contributed by atoms with Crippen molar-refractivity contribution in [2.75, 3.05) is 5.32 Å². The molecule has 0 aromatic carbocycles. The van der Waals surface area contributed by atoms with E-state index in [2.05, 4.69) is 15.4 Å². The average molecular weight is 264 g/mol. The number of halogens is 1. The van der Waals surface area contributed by atoms with E-state index in [1.807, 2.05) is 14.0 Å². The number of nitrogens with one attached hydrogen (secondary N) is 1. The first-order chi connectivity index (χ1) is 8.99. The summed E-state index contributed by atoms with van der Waals surface area (Å²) in [5, 5.41) is 15.9. The second-order valence-electron chi connectivity index (χ2n) is 4.09. The highest BCUT2D eigenvalue weighted by molar-refractivity contribution is 5.93. The van der Waals surface area contributed by atoms with E-state index in [1.54, 1.807) is 10.9 Å². The molecular weight excluding hydrogens is 251 g/mol. The number of carboxylic acid groups (broad SMARTS) is 1. The molecule has 0 unspecified atom stereocenters. The van der Waals surface area contributed by atoms with Gasteiger partial charge in [0, 0.05) is 24.8 Å². The van der Waals surface area contributed by atoms with E-state index in [4.69, 9.17) is 5.11 Å². The summed E-state index contributed by atoms with van der Waals surface area (Å²) in [6.07, 6.45) is 2.66. The number of rotatable bonds is 4. The Bertz CT molecular complexity index is 624. The molecule has 2 N–H and O–H groups in total. The standard InChI is InChI=1S/C12H13FN4O2/c1-7-8(5-16-17(7)2)4-14-11-10(12(18)19)3-9(13)6-15-11/h3,5-6H,4H2,1-2H3,(H,14,15)(H,18,19). The van der Waals surface area contributed by atoms with Crippen LogP contribution in [0.4, 0.5) is 10.2 Å². The fraction of sp³-hybridized carbons (Fsp3) is 0.250. The molecular formula is C12H13FN4O2. The van der Waals surface area contributed by atoms with Crippen LogP contribution in [0.5, 0.6) is 0 Å². The quantitative estimate of drug-likeness (QED) is 0.876. The summed E-state index contributed by atoms with van der Waals surface area (Å²) >= 11 is 0. The van der Waals surface area contributed by atoms with Crippen molar-refractivity contribution in [2.24, 2.45) is 7.05 Å².